The molecule has 72 valence electrons. The molecule has 0 radical (unpaired) electrons. The van der Waals surface area contributed by atoms with E-state index in [1.807, 2.05) is 13.8 Å². The smallest absolute Gasteiger partial charge is 0.108 e. The van der Waals surface area contributed by atoms with Crippen molar-refractivity contribution in [3.63, 3.8) is 0 Å². The van der Waals surface area contributed by atoms with E-state index in [1.165, 1.54) is 0 Å². The van der Waals surface area contributed by atoms with Crippen molar-refractivity contribution in [2.75, 3.05) is 0 Å². The molecule has 1 heteroatoms. The van der Waals surface area contributed by atoms with Crippen molar-refractivity contribution in [1.29, 1.82) is 0 Å². The number of hydrogen-bond acceptors (Lipinski definition) is 0. The third-order valence-corrected chi connectivity index (χ3v) is 2.76. The van der Waals surface area contributed by atoms with Gasteiger partial charge in [-0.05, 0) is 39.0 Å². The van der Waals surface area contributed by atoms with Crippen LogP contribution in [0.25, 0.3) is 0 Å². The summed E-state index contributed by atoms with van der Waals surface area (Å²) in [5.74, 6) is 0.366. The van der Waals surface area contributed by atoms with Gasteiger partial charge in [0.25, 0.3) is 0 Å². The molecule has 0 aliphatic heterocycles. The van der Waals surface area contributed by atoms with Gasteiger partial charge in [0, 0.05) is 0 Å². The van der Waals surface area contributed by atoms with E-state index in [2.05, 4.69) is 13.5 Å². The lowest BCUT2D eigenvalue weighted by molar-refractivity contribution is 0.102. The van der Waals surface area contributed by atoms with Gasteiger partial charge in [-0.25, -0.2) is 4.39 Å². The molecule has 0 N–H and O–H groups in total. The third-order valence-electron chi connectivity index (χ3n) is 2.76. The average Bonchev–Trinajstić information content (AvgIpc) is 1.86. The van der Waals surface area contributed by atoms with Crippen molar-refractivity contribution in [3.8, 4) is 0 Å². The van der Waals surface area contributed by atoms with Crippen molar-refractivity contribution in [2.24, 2.45) is 11.8 Å². The van der Waals surface area contributed by atoms with E-state index in [1.54, 1.807) is 13.8 Å². The summed E-state index contributed by atoms with van der Waals surface area (Å²) >= 11 is 0. The Balaban J connectivity index is 4.42. The fourth-order valence-corrected chi connectivity index (χ4v) is 1.61. The molecule has 0 heterocycles. The van der Waals surface area contributed by atoms with E-state index in [9.17, 15) is 4.39 Å². The molecule has 12 heavy (non-hydrogen) atoms. The maximum Gasteiger partial charge on any atom is 0.108 e. The van der Waals surface area contributed by atoms with E-state index >= 15 is 0 Å². The van der Waals surface area contributed by atoms with E-state index in [0.717, 1.165) is 12.0 Å². The molecule has 0 aromatic rings. The molecular formula is C11H21F. The van der Waals surface area contributed by atoms with E-state index in [-0.39, 0.29) is 5.92 Å². The molecule has 0 amide bonds. The summed E-state index contributed by atoms with van der Waals surface area (Å²) < 4.78 is 13.5. The maximum atomic E-state index is 13.5. The molecule has 0 fully saturated rings. The van der Waals surface area contributed by atoms with Crippen molar-refractivity contribution in [1.82, 2.24) is 0 Å². The normalized spacial score (nSPS) is 17.2. The number of halogens is 1. The van der Waals surface area contributed by atoms with Crippen molar-refractivity contribution >= 4 is 0 Å². The summed E-state index contributed by atoms with van der Waals surface area (Å²) in [6.45, 7) is 13.2. The molecule has 0 spiro atoms. The summed E-state index contributed by atoms with van der Waals surface area (Å²) in [5.41, 5.74) is -0.00433. The molecule has 0 aromatic carbocycles. The van der Waals surface area contributed by atoms with Crippen LogP contribution in [0.1, 0.15) is 41.0 Å². The van der Waals surface area contributed by atoms with Crippen LogP contribution in [0.15, 0.2) is 12.2 Å². The second-order valence-corrected chi connectivity index (χ2v) is 4.21. The SMILES string of the molecule is C=C(C)C(CC)[C@H](C)C(C)(C)F. The fourth-order valence-electron chi connectivity index (χ4n) is 1.61. The van der Waals surface area contributed by atoms with Crippen LogP contribution < -0.4 is 0 Å². The van der Waals surface area contributed by atoms with Gasteiger partial charge < -0.3 is 0 Å². The van der Waals surface area contributed by atoms with Gasteiger partial charge in [-0.3, -0.25) is 0 Å². The van der Waals surface area contributed by atoms with E-state index in [0.29, 0.717) is 5.92 Å². The van der Waals surface area contributed by atoms with Crippen molar-refractivity contribution in [3.05, 3.63) is 12.2 Å². The first-order chi connectivity index (χ1) is 5.30. The zero-order valence-corrected chi connectivity index (χ0v) is 8.95. The summed E-state index contributed by atoms with van der Waals surface area (Å²) in [4.78, 5) is 0. The molecule has 1 unspecified atom stereocenters. The van der Waals surface area contributed by atoms with Crippen molar-refractivity contribution in [2.45, 2.75) is 46.7 Å². The third kappa shape index (κ3) is 2.96. The summed E-state index contributed by atoms with van der Waals surface area (Å²) in [5, 5.41) is 0. The fraction of sp³-hybridized carbons (Fsp3) is 0.818. The maximum absolute atomic E-state index is 13.5. The monoisotopic (exact) mass is 172 g/mol. The highest BCUT2D eigenvalue weighted by molar-refractivity contribution is 5.00. The molecule has 0 saturated heterocycles. The van der Waals surface area contributed by atoms with Gasteiger partial charge in [-0.1, -0.05) is 26.0 Å². The summed E-state index contributed by atoms with van der Waals surface area (Å²) in [7, 11) is 0. The largest absolute Gasteiger partial charge is 0.244 e. The van der Waals surface area contributed by atoms with E-state index in [4.69, 9.17) is 0 Å². The Morgan fingerprint density at radius 2 is 1.92 bits per heavy atom. The lowest BCUT2D eigenvalue weighted by atomic mass is 9.78. The van der Waals surface area contributed by atoms with Crippen LogP contribution in [0, 0.1) is 11.8 Å². The first-order valence-electron chi connectivity index (χ1n) is 4.65. The van der Waals surface area contributed by atoms with Crippen LogP contribution in [0.5, 0.6) is 0 Å². The second-order valence-electron chi connectivity index (χ2n) is 4.21. The Morgan fingerprint density at radius 1 is 1.50 bits per heavy atom. The van der Waals surface area contributed by atoms with Gasteiger partial charge in [-0.2, -0.15) is 0 Å². The Bertz CT molecular complexity index is 153. The highest BCUT2D eigenvalue weighted by atomic mass is 19.1. The lowest BCUT2D eigenvalue weighted by Gasteiger charge is -2.31. The quantitative estimate of drug-likeness (QED) is 0.563. The number of rotatable bonds is 4. The minimum absolute atomic E-state index is 0.0556. The van der Waals surface area contributed by atoms with Crippen LogP contribution in [0.2, 0.25) is 0 Å². The predicted molar refractivity (Wildman–Crippen MR) is 52.9 cm³/mol. The van der Waals surface area contributed by atoms with Crippen LogP contribution in [-0.2, 0) is 0 Å². The van der Waals surface area contributed by atoms with Crippen LogP contribution in [0.4, 0.5) is 4.39 Å². The first-order valence-corrected chi connectivity index (χ1v) is 4.65. The first kappa shape index (κ1) is 11.7. The molecule has 0 nitrogen and oxygen atoms in total. The molecule has 2 atom stereocenters. The molecule has 0 aromatic heterocycles. The molecular weight excluding hydrogens is 151 g/mol. The van der Waals surface area contributed by atoms with Gasteiger partial charge in [0.2, 0.25) is 0 Å². The van der Waals surface area contributed by atoms with Crippen molar-refractivity contribution < 1.29 is 4.39 Å². The molecule has 0 bridgehead atoms. The minimum Gasteiger partial charge on any atom is -0.244 e. The topological polar surface area (TPSA) is 0 Å². The Labute approximate surface area is 75.9 Å². The van der Waals surface area contributed by atoms with Gasteiger partial charge in [-0.15, -0.1) is 0 Å². The molecule has 0 aliphatic carbocycles. The van der Waals surface area contributed by atoms with Gasteiger partial charge in [0.1, 0.15) is 5.67 Å². The zero-order valence-electron chi connectivity index (χ0n) is 8.95. The van der Waals surface area contributed by atoms with E-state index < -0.39 is 5.67 Å². The van der Waals surface area contributed by atoms with Gasteiger partial charge in [0.05, 0.1) is 0 Å². The van der Waals surface area contributed by atoms with Gasteiger partial charge in [0.15, 0.2) is 0 Å². The van der Waals surface area contributed by atoms with Crippen LogP contribution in [0.3, 0.4) is 0 Å². The summed E-state index contributed by atoms with van der Waals surface area (Å²) in [6.07, 6.45) is 0.976. The lowest BCUT2D eigenvalue weighted by Crippen LogP contribution is -2.30. The van der Waals surface area contributed by atoms with Crippen LogP contribution in [-0.4, -0.2) is 5.67 Å². The Morgan fingerprint density at radius 3 is 2.00 bits per heavy atom. The number of hydrogen-bond donors (Lipinski definition) is 0. The average molecular weight is 172 g/mol. The standard InChI is InChI=1S/C11H21F/c1-7-10(8(2)3)9(4)11(5,6)12/h9-10H,2,7H2,1,3-6H3/t9-,10?/m0/s1. The number of allylic oxidation sites excluding steroid dienone is 1. The van der Waals surface area contributed by atoms with Gasteiger partial charge >= 0.3 is 0 Å². The zero-order chi connectivity index (χ0) is 9.94. The molecule has 0 rings (SSSR count). The van der Waals surface area contributed by atoms with Crippen LogP contribution >= 0.6 is 0 Å². The number of alkyl halides is 1. The Hall–Kier alpha value is -0.330. The highest BCUT2D eigenvalue weighted by Gasteiger charge is 2.31. The Kier molecular flexibility index (Phi) is 3.95. The highest BCUT2D eigenvalue weighted by Crippen LogP contribution is 2.33. The molecule has 0 aliphatic rings. The predicted octanol–water partition coefficient (Wildman–Crippen LogP) is 3.97. The minimum atomic E-state index is -1.10. The molecule has 0 saturated carbocycles. The second kappa shape index (κ2) is 4.06. The summed E-state index contributed by atoms with van der Waals surface area (Å²) in [6, 6.07) is 0.